The van der Waals surface area contributed by atoms with Crippen LogP contribution in [0, 0.1) is 0 Å². The number of anilines is 1. The quantitative estimate of drug-likeness (QED) is 0.424. The van der Waals surface area contributed by atoms with Crippen molar-refractivity contribution in [3.8, 4) is 22.8 Å². The fourth-order valence-electron chi connectivity index (χ4n) is 3.76. The van der Waals surface area contributed by atoms with Gasteiger partial charge in [0.05, 0.1) is 18.3 Å². The fourth-order valence-corrected chi connectivity index (χ4v) is 3.76. The monoisotopic (exact) mass is 441 g/mol. The summed E-state index contributed by atoms with van der Waals surface area (Å²) in [5.41, 5.74) is 5.85. The number of ether oxygens (including phenoxy) is 2. The number of nitrogens with one attached hydrogen (secondary N) is 2. The summed E-state index contributed by atoms with van der Waals surface area (Å²) >= 11 is 0. The van der Waals surface area contributed by atoms with Crippen LogP contribution < -0.4 is 20.1 Å². The highest BCUT2D eigenvalue weighted by Gasteiger charge is 2.17. The van der Waals surface area contributed by atoms with Crippen LogP contribution >= 0.6 is 0 Å². The summed E-state index contributed by atoms with van der Waals surface area (Å²) in [6, 6.07) is 17.9. The summed E-state index contributed by atoms with van der Waals surface area (Å²) in [4.78, 5) is 24.9. The van der Waals surface area contributed by atoms with Crippen molar-refractivity contribution in [1.29, 1.82) is 0 Å². The van der Waals surface area contributed by atoms with Crippen molar-refractivity contribution < 1.29 is 14.3 Å². The molecule has 1 aliphatic rings. The number of methoxy groups -OCH3 is 1. The molecule has 2 N–H and O–H groups in total. The van der Waals surface area contributed by atoms with E-state index in [0.717, 1.165) is 40.8 Å². The Morgan fingerprint density at radius 1 is 1.06 bits per heavy atom. The Morgan fingerprint density at radius 3 is 2.79 bits per heavy atom. The third-order valence-electron chi connectivity index (χ3n) is 5.46. The number of aromatic nitrogens is 3. The molecular formula is C25H23N5O3. The second kappa shape index (κ2) is 9.22. The van der Waals surface area contributed by atoms with E-state index in [2.05, 4.69) is 49.9 Å². The molecule has 0 fully saturated rings. The second-order valence-electron chi connectivity index (χ2n) is 7.69. The van der Waals surface area contributed by atoms with Gasteiger partial charge in [-0.1, -0.05) is 24.3 Å². The molecule has 166 valence electrons. The van der Waals surface area contributed by atoms with Crippen LogP contribution in [0.3, 0.4) is 0 Å². The maximum atomic E-state index is 11.5. The Bertz CT molecular complexity index is 1310. The molecule has 0 saturated carbocycles. The van der Waals surface area contributed by atoms with Gasteiger partial charge in [-0.15, -0.1) is 0 Å². The van der Waals surface area contributed by atoms with Gasteiger partial charge >= 0.3 is 0 Å². The molecule has 8 heteroatoms. The fraction of sp³-hybridized carbons (Fsp3) is 0.200. The molecule has 1 amide bonds. The highest BCUT2D eigenvalue weighted by molar-refractivity contribution is 5.94. The van der Waals surface area contributed by atoms with E-state index in [0.29, 0.717) is 24.0 Å². The van der Waals surface area contributed by atoms with E-state index in [1.165, 1.54) is 5.56 Å². The van der Waals surface area contributed by atoms with E-state index in [1.807, 2.05) is 30.3 Å². The van der Waals surface area contributed by atoms with Crippen LogP contribution in [-0.4, -0.2) is 41.1 Å². The van der Waals surface area contributed by atoms with Gasteiger partial charge in [-0.05, 0) is 48.4 Å². The van der Waals surface area contributed by atoms with Gasteiger partial charge < -0.3 is 20.1 Å². The van der Waals surface area contributed by atoms with Gasteiger partial charge in [-0.25, -0.2) is 9.97 Å². The van der Waals surface area contributed by atoms with Crippen LogP contribution in [0.4, 0.5) is 5.82 Å². The molecule has 0 atom stereocenters. The Hall–Kier alpha value is -4.04. The minimum absolute atomic E-state index is 0.0349. The molecule has 1 aliphatic heterocycles. The van der Waals surface area contributed by atoms with Crippen molar-refractivity contribution in [3.63, 3.8) is 0 Å². The molecule has 0 saturated heterocycles. The normalized spacial score (nSPS) is 12.7. The van der Waals surface area contributed by atoms with E-state index >= 15 is 0 Å². The summed E-state index contributed by atoms with van der Waals surface area (Å²) in [6.45, 7) is 1.45. The SMILES string of the molecule is COc1ccc2nccc(-c3ccc(CCNCc4ccc5c(n4)NC(=O)CO5)cc3)c2n1. The second-order valence-corrected chi connectivity index (χ2v) is 7.69. The van der Waals surface area contributed by atoms with Gasteiger partial charge in [0.25, 0.3) is 5.91 Å². The van der Waals surface area contributed by atoms with Crippen molar-refractivity contribution in [2.75, 3.05) is 25.6 Å². The number of amides is 1. The van der Waals surface area contributed by atoms with Gasteiger partial charge in [-0.2, -0.15) is 0 Å². The Balaban J connectivity index is 1.20. The summed E-state index contributed by atoms with van der Waals surface area (Å²) in [6.07, 6.45) is 2.68. The maximum absolute atomic E-state index is 11.5. The average Bonchev–Trinajstić information content (AvgIpc) is 2.86. The molecule has 3 aromatic heterocycles. The number of nitrogens with zero attached hydrogens (tertiary/aromatic N) is 3. The minimum atomic E-state index is -0.182. The zero-order chi connectivity index (χ0) is 22.6. The lowest BCUT2D eigenvalue weighted by atomic mass is 10.0. The molecule has 1 aromatic carbocycles. The predicted octanol–water partition coefficient (Wildman–Crippen LogP) is 3.36. The zero-order valence-electron chi connectivity index (χ0n) is 18.2. The van der Waals surface area contributed by atoms with Crippen molar-refractivity contribution in [2.45, 2.75) is 13.0 Å². The molecule has 0 bridgehead atoms. The Morgan fingerprint density at radius 2 is 1.94 bits per heavy atom. The van der Waals surface area contributed by atoms with Gasteiger partial charge in [0.1, 0.15) is 5.52 Å². The number of benzene rings is 1. The first-order valence-corrected chi connectivity index (χ1v) is 10.7. The topological polar surface area (TPSA) is 98.3 Å². The number of rotatable bonds is 7. The van der Waals surface area contributed by atoms with E-state index in [1.54, 1.807) is 13.3 Å². The largest absolute Gasteiger partial charge is 0.481 e. The summed E-state index contributed by atoms with van der Waals surface area (Å²) < 4.78 is 10.6. The number of hydrogen-bond acceptors (Lipinski definition) is 7. The summed E-state index contributed by atoms with van der Waals surface area (Å²) in [5.74, 6) is 1.48. The summed E-state index contributed by atoms with van der Waals surface area (Å²) in [7, 11) is 1.61. The minimum Gasteiger partial charge on any atom is -0.481 e. The number of hydrogen-bond donors (Lipinski definition) is 2. The lowest BCUT2D eigenvalue weighted by Crippen LogP contribution is -2.26. The smallest absolute Gasteiger partial charge is 0.263 e. The molecule has 5 rings (SSSR count). The molecule has 0 radical (unpaired) electrons. The lowest BCUT2D eigenvalue weighted by Gasteiger charge is -2.17. The zero-order valence-corrected chi connectivity index (χ0v) is 18.2. The highest BCUT2D eigenvalue weighted by atomic mass is 16.5. The van der Waals surface area contributed by atoms with Gasteiger partial charge in [0, 0.05) is 24.4 Å². The van der Waals surface area contributed by atoms with Gasteiger partial charge in [0.15, 0.2) is 18.2 Å². The molecule has 0 aliphatic carbocycles. The molecule has 8 nitrogen and oxygen atoms in total. The van der Waals surface area contributed by atoms with Crippen LogP contribution in [0.2, 0.25) is 0 Å². The third kappa shape index (κ3) is 4.61. The van der Waals surface area contributed by atoms with Crippen molar-refractivity contribution in [1.82, 2.24) is 20.3 Å². The molecular weight excluding hydrogens is 418 g/mol. The Kier molecular flexibility index (Phi) is 5.82. The maximum Gasteiger partial charge on any atom is 0.263 e. The molecule has 4 heterocycles. The van der Waals surface area contributed by atoms with Crippen molar-refractivity contribution in [3.05, 3.63) is 72.1 Å². The number of fused-ring (bicyclic) bond motifs is 2. The molecule has 0 spiro atoms. The van der Waals surface area contributed by atoms with E-state index in [-0.39, 0.29) is 12.5 Å². The average molecular weight is 441 g/mol. The molecule has 4 aromatic rings. The highest BCUT2D eigenvalue weighted by Crippen LogP contribution is 2.28. The van der Waals surface area contributed by atoms with Crippen LogP contribution in [0.1, 0.15) is 11.3 Å². The standard InChI is InChI=1S/C25H23N5O3/c1-32-23-9-7-20-24(30-23)19(11-13-27-20)17-4-2-16(3-5-17)10-12-26-14-18-6-8-21-25(28-18)29-22(31)15-33-21/h2-9,11,13,26H,10,12,14-15H2,1H3,(H,28,29,31). The van der Waals surface area contributed by atoms with E-state index < -0.39 is 0 Å². The first-order valence-electron chi connectivity index (χ1n) is 10.7. The first-order chi connectivity index (χ1) is 16.2. The van der Waals surface area contributed by atoms with Gasteiger partial charge in [0.2, 0.25) is 5.88 Å². The Labute approximate surface area is 191 Å². The molecule has 33 heavy (non-hydrogen) atoms. The summed E-state index contributed by atoms with van der Waals surface area (Å²) in [5, 5.41) is 6.14. The van der Waals surface area contributed by atoms with Crippen LogP contribution in [0.15, 0.2) is 60.8 Å². The van der Waals surface area contributed by atoms with Crippen molar-refractivity contribution >= 4 is 22.8 Å². The van der Waals surface area contributed by atoms with E-state index in [4.69, 9.17) is 9.47 Å². The lowest BCUT2D eigenvalue weighted by molar-refractivity contribution is -0.118. The number of pyridine rings is 3. The number of carbonyl (C=O) groups excluding carboxylic acids is 1. The van der Waals surface area contributed by atoms with Crippen LogP contribution in [0.5, 0.6) is 11.6 Å². The molecule has 0 unspecified atom stereocenters. The van der Waals surface area contributed by atoms with Crippen molar-refractivity contribution in [2.24, 2.45) is 0 Å². The third-order valence-corrected chi connectivity index (χ3v) is 5.46. The van der Waals surface area contributed by atoms with Crippen LogP contribution in [-0.2, 0) is 17.8 Å². The van der Waals surface area contributed by atoms with Gasteiger partial charge in [-0.3, -0.25) is 9.78 Å². The first kappa shape index (κ1) is 20.8. The van der Waals surface area contributed by atoms with Crippen LogP contribution in [0.25, 0.3) is 22.2 Å². The predicted molar refractivity (Wildman–Crippen MR) is 125 cm³/mol. The van der Waals surface area contributed by atoms with E-state index in [9.17, 15) is 4.79 Å². The number of carbonyl (C=O) groups is 1.